The lowest BCUT2D eigenvalue weighted by molar-refractivity contribution is -0.139. The second-order valence-electron chi connectivity index (χ2n) is 4.92. The molecule has 0 saturated carbocycles. The van der Waals surface area contributed by atoms with E-state index in [9.17, 15) is 14.4 Å². The maximum Gasteiger partial charge on any atom is 0.345 e. The Morgan fingerprint density at radius 2 is 1.87 bits per heavy atom. The van der Waals surface area contributed by atoms with Gasteiger partial charge in [-0.05, 0) is 25.1 Å². The van der Waals surface area contributed by atoms with Gasteiger partial charge in [-0.15, -0.1) is 0 Å². The molecule has 0 saturated heterocycles. The monoisotopic (exact) mass is 321 g/mol. The third-order valence-electron chi connectivity index (χ3n) is 3.06. The van der Waals surface area contributed by atoms with Crippen molar-refractivity contribution in [2.45, 2.75) is 25.8 Å². The Hall–Kier alpha value is -2.25. The highest BCUT2D eigenvalue weighted by atomic mass is 16.6. The van der Waals surface area contributed by atoms with E-state index in [1.165, 1.54) is 0 Å². The maximum absolute atomic E-state index is 11.7. The molecule has 23 heavy (non-hydrogen) atoms. The van der Waals surface area contributed by atoms with Crippen LogP contribution in [0, 0.1) is 0 Å². The van der Waals surface area contributed by atoms with Gasteiger partial charge in [0, 0.05) is 19.5 Å². The molecule has 0 aromatic heterocycles. The Labute approximate surface area is 135 Å². The fraction of sp³-hybridized carbons (Fsp3) is 0.438. The van der Waals surface area contributed by atoms with Gasteiger partial charge in [0.05, 0.1) is 5.56 Å². The molecule has 0 spiro atoms. The highest BCUT2D eigenvalue weighted by Crippen LogP contribution is 2.04. The first-order valence-corrected chi connectivity index (χ1v) is 7.58. The normalized spacial score (nSPS) is 11.6. The second kappa shape index (κ2) is 10.5. The predicted molar refractivity (Wildman–Crippen MR) is 85.6 cm³/mol. The van der Waals surface area contributed by atoms with Gasteiger partial charge in [0.1, 0.15) is 6.04 Å². The zero-order valence-electron chi connectivity index (χ0n) is 13.2. The van der Waals surface area contributed by atoms with E-state index in [-0.39, 0.29) is 24.3 Å². The van der Waals surface area contributed by atoms with E-state index in [4.69, 9.17) is 10.5 Å². The first-order valence-electron chi connectivity index (χ1n) is 7.58. The van der Waals surface area contributed by atoms with Crippen molar-refractivity contribution in [3.05, 3.63) is 35.9 Å². The largest absolute Gasteiger partial charge is 0.388 e. The van der Waals surface area contributed by atoms with Crippen molar-refractivity contribution in [3.8, 4) is 0 Å². The van der Waals surface area contributed by atoms with Crippen LogP contribution in [0.15, 0.2) is 30.3 Å². The van der Waals surface area contributed by atoms with Crippen molar-refractivity contribution in [2.24, 2.45) is 5.73 Å². The van der Waals surface area contributed by atoms with Crippen molar-refractivity contribution >= 4 is 17.8 Å². The zero-order chi connectivity index (χ0) is 17.1. The van der Waals surface area contributed by atoms with E-state index >= 15 is 0 Å². The Kier molecular flexibility index (Phi) is 8.56. The Morgan fingerprint density at radius 3 is 2.52 bits per heavy atom. The lowest BCUT2D eigenvalue weighted by atomic mass is 10.1. The molecule has 1 aromatic rings. The van der Waals surface area contributed by atoms with Crippen LogP contribution in [0.25, 0.3) is 0 Å². The van der Waals surface area contributed by atoms with Crippen LogP contribution in [0.4, 0.5) is 0 Å². The molecule has 4 N–H and O–H groups in total. The summed E-state index contributed by atoms with van der Waals surface area (Å²) in [4.78, 5) is 35.0. The van der Waals surface area contributed by atoms with E-state index in [1.807, 2.05) is 6.92 Å². The molecule has 0 aliphatic rings. The van der Waals surface area contributed by atoms with Gasteiger partial charge >= 0.3 is 11.9 Å². The number of rotatable bonds is 9. The Balaban J connectivity index is 2.28. The number of nitrogens with two attached hydrogens (primary N) is 1. The lowest BCUT2D eigenvalue weighted by Gasteiger charge is -2.10. The first-order chi connectivity index (χ1) is 11.0. The summed E-state index contributed by atoms with van der Waals surface area (Å²) in [5.41, 5.74) is 5.92. The van der Waals surface area contributed by atoms with E-state index in [1.54, 1.807) is 30.3 Å². The summed E-state index contributed by atoms with van der Waals surface area (Å²) in [5.74, 6) is -1.78. The summed E-state index contributed by atoms with van der Waals surface area (Å²) in [6, 6.07) is 7.15. The number of carbonyl (C=O) groups is 3. The molecule has 1 atom stereocenters. The standard InChI is InChI=1S/C16H23N3O4/c1-2-18-10-11-19-14(20)9-8-13(17)16(22)23-15(21)12-6-4-3-5-7-12/h3-7,13,18H,2,8-11,17H2,1H3,(H,19,20). The average molecular weight is 321 g/mol. The van der Waals surface area contributed by atoms with Crippen LogP contribution < -0.4 is 16.4 Å². The minimum Gasteiger partial charge on any atom is -0.388 e. The van der Waals surface area contributed by atoms with Gasteiger partial charge in [-0.25, -0.2) is 9.59 Å². The summed E-state index contributed by atoms with van der Waals surface area (Å²) >= 11 is 0. The molecule has 1 unspecified atom stereocenters. The van der Waals surface area contributed by atoms with Crippen molar-refractivity contribution in [3.63, 3.8) is 0 Å². The van der Waals surface area contributed by atoms with Crippen LogP contribution >= 0.6 is 0 Å². The van der Waals surface area contributed by atoms with Crippen LogP contribution in [0.1, 0.15) is 30.1 Å². The number of hydrogen-bond acceptors (Lipinski definition) is 6. The Morgan fingerprint density at radius 1 is 1.17 bits per heavy atom. The van der Waals surface area contributed by atoms with Crippen molar-refractivity contribution in [1.29, 1.82) is 0 Å². The van der Waals surface area contributed by atoms with Crippen molar-refractivity contribution in [1.82, 2.24) is 10.6 Å². The predicted octanol–water partition coefficient (Wildman–Crippen LogP) is 0.203. The molecule has 1 amide bonds. The number of amides is 1. The molecule has 0 aliphatic heterocycles. The Bertz CT molecular complexity index is 519. The lowest BCUT2D eigenvalue weighted by Crippen LogP contribution is -2.36. The van der Waals surface area contributed by atoms with Gasteiger partial charge in [-0.1, -0.05) is 25.1 Å². The van der Waals surface area contributed by atoms with Crippen LogP contribution in [-0.2, 0) is 14.3 Å². The first kappa shape index (κ1) is 18.8. The molecule has 126 valence electrons. The van der Waals surface area contributed by atoms with Crippen molar-refractivity contribution in [2.75, 3.05) is 19.6 Å². The number of carbonyl (C=O) groups excluding carboxylic acids is 3. The van der Waals surface area contributed by atoms with Crippen LogP contribution in [0.5, 0.6) is 0 Å². The molecule has 7 nitrogen and oxygen atoms in total. The van der Waals surface area contributed by atoms with Crippen LogP contribution in [0.3, 0.4) is 0 Å². The van der Waals surface area contributed by atoms with Gasteiger partial charge in [0.25, 0.3) is 0 Å². The molecular weight excluding hydrogens is 298 g/mol. The number of nitrogens with one attached hydrogen (secondary N) is 2. The minimum absolute atomic E-state index is 0.0991. The van der Waals surface area contributed by atoms with Gasteiger partial charge in [0.15, 0.2) is 0 Å². The van der Waals surface area contributed by atoms with E-state index < -0.39 is 18.0 Å². The fourth-order valence-corrected chi connectivity index (χ4v) is 1.76. The topological polar surface area (TPSA) is 111 Å². The summed E-state index contributed by atoms with van der Waals surface area (Å²) in [5, 5.41) is 5.78. The summed E-state index contributed by atoms with van der Waals surface area (Å²) in [6.45, 7) is 4.01. The molecule has 1 aromatic carbocycles. The maximum atomic E-state index is 11.7. The molecule has 0 bridgehead atoms. The molecule has 7 heteroatoms. The molecule has 1 rings (SSSR count). The van der Waals surface area contributed by atoms with Gasteiger partial charge in [-0.3, -0.25) is 4.79 Å². The average Bonchev–Trinajstić information content (AvgIpc) is 2.57. The van der Waals surface area contributed by atoms with Gasteiger partial charge in [-0.2, -0.15) is 0 Å². The molecule has 0 fully saturated rings. The molecule has 0 heterocycles. The molecular formula is C16H23N3O4. The fourth-order valence-electron chi connectivity index (χ4n) is 1.76. The number of benzene rings is 1. The van der Waals surface area contributed by atoms with Crippen LogP contribution in [0.2, 0.25) is 0 Å². The molecule has 0 aliphatic carbocycles. The highest BCUT2D eigenvalue weighted by molar-refractivity contribution is 5.98. The highest BCUT2D eigenvalue weighted by Gasteiger charge is 2.20. The van der Waals surface area contributed by atoms with Gasteiger partial charge < -0.3 is 21.1 Å². The number of likely N-dealkylation sites (N-methyl/N-ethyl adjacent to an activating group) is 1. The van der Waals surface area contributed by atoms with E-state index in [0.29, 0.717) is 13.1 Å². The quantitative estimate of drug-likeness (QED) is 0.340. The third-order valence-corrected chi connectivity index (χ3v) is 3.06. The third kappa shape index (κ3) is 7.53. The smallest absolute Gasteiger partial charge is 0.345 e. The molecule has 0 radical (unpaired) electrons. The van der Waals surface area contributed by atoms with E-state index in [2.05, 4.69) is 10.6 Å². The van der Waals surface area contributed by atoms with E-state index in [0.717, 1.165) is 6.54 Å². The number of hydrogen-bond donors (Lipinski definition) is 3. The van der Waals surface area contributed by atoms with Crippen molar-refractivity contribution < 1.29 is 19.1 Å². The summed E-state index contributed by atoms with van der Waals surface area (Å²) in [6.07, 6.45) is 0.218. The van der Waals surface area contributed by atoms with Crippen LogP contribution in [-0.4, -0.2) is 43.5 Å². The SMILES string of the molecule is CCNCCNC(=O)CCC(N)C(=O)OC(=O)c1ccccc1. The number of esters is 2. The van der Waals surface area contributed by atoms with Gasteiger partial charge in [0.2, 0.25) is 5.91 Å². The number of ether oxygens (including phenoxy) is 1. The summed E-state index contributed by atoms with van der Waals surface area (Å²) < 4.78 is 4.70. The zero-order valence-corrected chi connectivity index (χ0v) is 13.2. The minimum atomic E-state index is -1.01. The summed E-state index contributed by atoms with van der Waals surface area (Å²) in [7, 11) is 0. The second-order valence-corrected chi connectivity index (χ2v) is 4.92.